The van der Waals surface area contributed by atoms with Gasteiger partial charge in [-0.1, -0.05) is 0 Å². The van der Waals surface area contributed by atoms with E-state index in [0.29, 0.717) is 0 Å². The second-order valence-electron chi connectivity index (χ2n) is 3.38. The summed E-state index contributed by atoms with van der Waals surface area (Å²) in [6, 6.07) is 0. The van der Waals surface area contributed by atoms with E-state index >= 15 is 0 Å². The highest BCUT2D eigenvalue weighted by Gasteiger charge is 2.48. The molecule has 1 saturated heterocycles. The Morgan fingerprint density at radius 3 is 2.79 bits per heavy atom. The summed E-state index contributed by atoms with van der Waals surface area (Å²) in [6.45, 7) is 4.99. The average Bonchev–Trinajstić information content (AvgIpc) is 2.42. The standard InChI is InChI=1S/C9H14O5/c1-6-3-7(11)9(5-10,14-6)4-8(12)13-2/h1,6-7,10-11H,3-5H2,2H3/t6-,7+,9+/m0/s1. The summed E-state index contributed by atoms with van der Waals surface area (Å²) in [4.78, 5) is 11.0. The lowest BCUT2D eigenvalue weighted by Crippen LogP contribution is -2.45. The minimum atomic E-state index is -1.30. The van der Waals surface area contributed by atoms with Crippen LogP contribution in [-0.4, -0.2) is 47.7 Å². The molecule has 14 heavy (non-hydrogen) atoms. The van der Waals surface area contributed by atoms with Crippen LogP contribution in [0.3, 0.4) is 0 Å². The summed E-state index contributed by atoms with van der Waals surface area (Å²) in [7, 11) is 1.23. The van der Waals surface area contributed by atoms with Gasteiger partial charge in [0.1, 0.15) is 5.60 Å². The fraction of sp³-hybridized carbons (Fsp3) is 0.778. The third-order valence-corrected chi connectivity index (χ3v) is 2.39. The monoisotopic (exact) mass is 202 g/mol. The van der Waals surface area contributed by atoms with E-state index in [2.05, 4.69) is 4.74 Å². The highest BCUT2D eigenvalue weighted by Crippen LogP contribution is 2.33. The Hall–Kier alpha value is -0.650. The third-order valence-electron chi connectivity index (χ3n) is 2.39. The van der Waals surface area contributed by atoms with E-state index in [-0.39, 0.29) is 12.8 Å². The van der Waals surface area contributed by atoms with E-state index in [4.69, 9.17) is 16.8 Å². The first kappa shape index (κ1) is 11.4. The van der Waals surface area contributed by atoms with Gasteiger partial charge < -0.3 is 19.7 Å². The molecule has 0 amide bonds. The fourth-order valence-electron chi connectivity index (χ4n) is 1.54. The normalized spacial score (nSPS) is 37.1. The summed E-state index contributed by atoms with van der Waals surface area (Å²) in [5.41, 5.74) is -1.30. The first-order valence-electron chi connectivity index (χ1n) is 4.33. The van der Waals surface area contributed by atoms with E-state index in [1.54, 1.807) is 0 Å². The summed E-state index contributed by atoms with van der Waals surface area (Å²) in [6.07, 6.45) is -1.59. The zero-order valence-electron chi connectivity index (χ0n) is 7.97. The molecular formula is C9H14O5. The first-order valence-corrected chi connectivity index (χ1v) is 4.33. The van der Waals surface area contributed by atoms with Crippen molar-refractivity contribution in [2.24, 2.45) is 0 Å². The summed E-state index contributed by atoms with van der Waals surface area (Å²) in [5, 5.41) is 18.7. The van der Waals surface area contributed by atoms with E-state index < -0.39 is 30.4 Å². The summed E-state index contributed by atoms with van der Waals surface area (Å²) < 4.78 is 9.60. The number of aliphatic hydroxyl groups is 2. The van der Waals surface area contributed by atoms with E-state index in [1.807, 2.05) is 0 Å². The molecule has 0 saturated carbocycles. The van der Waals surface area contributed by atoms with Gasteiger partial charge >= 0.3 is 5.97 Å². The van der Waals surface area contributed by atoms with E-state index in [0.717, 1.165) is 0 Å². The van der Waals surface area contributed by atoms with Gasteiger partial charge in [-0.2, -0.15) is 0 Å². The van der Waals surface area contributed by atoms with Crippen LogP contribution in [0.25, 0.3) is 0 Å². The molecule has 5 nitrogen and oxygen atoms in total. The predicted molar refractivity (Wildman–Crippen MR) is 46.2 cm³/mol. The quantitative estimate of drug-likeness (QED) is 0.582. The second-order valence-corrected chi connectivity index (χ2v) is 3.38. The molecule has 0 aromatic carbocycles. The SMILES string of the molecule is [CH][C@H]1C[C@@H](O)[C@](CO)(CC(=O)OC)O1. The van der Waals surface area contributed by atoms with Crippen LogP contribution < -0.4 is 0 Å². The maximum atomic E-state index is 11.0. The first-order chi connectivity index (χ1) is 6.54. The van der Waals surface area contributed by atoms with Crippen LogP contribution in [0.5, 0.6) is 0 Å². The van der Waals surface area contributed by atoms with Crippen LogP contribution in [0.1, 0.15) is 12.8 Å². The van der Waals surface area contributed by atoms with Crippen molar-refractivity contribution in [3.05, 3.63) is 6.92 Å². The number of hydrogen-bond donors (Lipinski definition) is 2. The van der Waals surface area contributed by atoms with Crippen LogP contribution >= 0.6 is 0 Å². The van der Waals surface area contributed by atoms with E-state index in [9.17, 15) is 9.90 Å². The molecule has 5 heteroatoms. The van der Waals surface area contributed by atoms with Gasteiger partial charge in [-0.05, 0) is 6.92 Å². The zero-order chi connectivity index (χ0) is 10.8. The summed E-state index contributed by atoms with van der Waals surface area (Å²) in [5.74, 6) is -0.549. The van der Waals surface area contributed by atoms with Crippen molar-refractivity contribution in [2.45, 2.75) is 30.7 Å². The molecule has 2 N–H and O–H groups in total. The number of ether oxygens (including phenoxy) is 2. The number of aliphatic hydroxyl groups excluding tert-OH is 2. The Balaban J connectivity index is 2.71. The van der Waals surface area contributed by atoms with Crippen molar-refractivity contribution < 1.29 is 24.5 Å². The predicted octanol–water partition coefficient (Wildman–Crippen LogP) is -0.859. The highest BCUT2D eigenvalue weighted by molar-refractivity contribution is 5.70. The van der Waals surface area contributed by atoms with Gasteiger partial charge in [0.05, 0.1) is 32.3 Å². The minimum Gasteiger partial charge on any atom is -0.469 e. The van der Waals surface area contributed by atoms with Gasteiger partial charge in [0.2, 0.25) is 0 Å². The summed E-state index contributed by atoms with van der Waals surface area (Å²) >= 11 is 0. The van der Waals surface area contributed by atoms with Crippen molar-refractivity contribution in [1.29, 1.82) is 0 Å². The lowest BCUT2D eigenvalue weighted by atomic mass is 9.93. The Kier molecular flexibility index (Phi) is 3.47. The number of hydrogen-bond acceptors (Lipinski definition) is 5. The Morgan fingerprint density at radius 1 is 1.79 bits per heavy atom. The smallest absolute Gasteiger partial charge is 0.308 e. The molecule has 0 bridgehead atoms. The van der Waals surface area contributed by atoms with Gasteiger partial charge in [0, 0.05) is 6.42 Å². The number of rotatable bonds is 3. The molecule has 0 unspecified atom stereocenters. The topological polar surface area (TPSA) is 76.0 Å². The molecule has 0 spiro atoms. The molecule has 1 aliphatic heterocycles. The van der Waals surface area contributed by atoms with Gasteiger partial charge in [-0.25, -0.2) is 0 Å². The van der Waals surface area contributed by atoms with E-state index in [1.165, 1.54) is 7.11 Å². The van der Waals surface area contributed by atoms with Gasteiger partial charge in [0.15, 0.2) is 0 Å². The molecule has 3 atom stereocenters. The molecule has 0 aromatic heterocycles. The number of carbonyl (C=O) groups is 1. The maximum Gasteiger partial charge on any atom is 0.308 e. The van der Waals surface area contributed by atoms with Crippen LogP contribution in [0, 0.1) is 6.92 Å². The van der Waals surface area contributed by atoms with Crippen molar-refractivity contribution in [2.75, 3.05) is 13.7 Å². The highest BCUT2D eigenvalue weighted by atomic mass is 16.6. The Labute approximate surface area is 82.6 Å². The fourth-order valence-corrected chi connectivity index (χ4v) is 1.54. The van der Waals surface area contributed by atoms with Crippen LogP contribution in [-0.2, 0) is 14.3 Å². The molecule has 80 valence electrons. The average molecular weight is 202 g/mol. The van der Waals surface area contributed by atoms with Crippen molar-refractivity contribution in [3.8, 4) is 0 Å². The number of methoxy groups -OCH3 is 1. The largest absolute Gasteiger partial charge is 0.469 e. The number of carbonyl (C=O) groups excluding carboxylic acids is 1. The molecule has 0 aliphatic carbocycles. The zero-order valence-corrected chi connectivity index (χ0v) is 7.97. The van der Waals surface area contributed by atoms with Gasteiger partial charge in [0.25, 0.3) is 0 Å². The van der Waals surface area contributed by atoms with Crippen LogP contribution in [0.4, 0.5) is 0 Å². The molecule has 1 aliphatic rings. The molecule has 2 radical (unpaired) electrons. The maximum absolute atomic E-state index is 11.0. The molecule has 0 aromatic rings. The second kappa shape index (κ2) is 4.25. The van der Waals surface area contributed by atoms with Gasteiger partial charge in [-0.3, -0.25) is 4.79 Å². The Morgan fingerprint density at radius 2 is 2.43 bits per heavy atom. The molecular weight excluding hydrogens is 188 g/mol. The third kappa shape index (κ3) is 2.05. The van der Waals surface area contributed by atoms with Crippen LogP contribution in [0.15, 0.2) is 0 Å². The van der Waals surface area contributed by atoms with Crippen molar-refractivity contribution >= 4 is 5.97 Å². The van der Waals surface area contributed by atoms with Gasteiger partial charge in [-0.15, -0.1) is 0 Å². The molecule has 1 fully saturated rings. The van der Waals surface area contributed by atoms with Crippen molar-refractivity contribution in [3.63, 3.8) is 0 Å². The van der Waals surface area contributed by atoms with Crippen molar-refractivity contribution in [1.82, 2.24) is 0 Å². The lowest BCUT2D eigenvalue weighted by Gasteiger charge is -2.28. The number of esters is 1. The Bertz CT molecular complexity index is 217. The van der Waals surface area contributed by atoms with Crippen LogP contribution in [0.2, 0.25) is 0 Å². The molecule has 1 rings (SSSR count). The lowest BCUT2D eigenvalue weighted by molar-refractivity contribution is -0.157. The molecule has 1 heterocycles. The minimum absolute atomic E-state index is 0.200.